The number of benzene rings is 1. The first-order chi connectivity index (χ1) is 12.0. The Labute approximate surface area is 147 Å². The molecular weight excluding hydrogens is 320 g/mol. The van der Waals surface area contributed by atoms with Gasteiger partial charge in [-0.25, -0.2) is 0 Å². The largest absolute Gasteiger partial charge is 0.478 e. The van der Waals surface area contributed by atoms with Crippen LogP contribution in [-0.4, -0.2) is 22.2 Å². The molecule has 1 aromatic carbocycles. The summed E-state index contributed by atoms with van der Waals surface area (Å²) >= 11 is 0. The van der Waals surface area contributed by atoms with Gasteiger partial charge in [-0.2, -0.15) is 0 Å². The highest BCUT2D eigenvalue weighted by atomic mass is 16.5. The number of hydrogen-bond acceptors (Lipinski definition) is 6. The first kappa shape index (κ1) is 17.4. The van der Waals surface area contributed by atoms with E-state index >= 15 is 0 Å². The molecule has 25 heavy (non-hydrogen) atoms. The van der Waals surface area contributed by atoms with Crippen LogP contribution in [0.4, 0.5) is 5.69 Å². The van der Waals surface area contributed by atoms with Gasteiger partial charge in [0.25, 0.3) is 5.91 Å². The number of carbonyl (C=O) groups is 1. The summed E-state index contributed by atoms with van der Waals surface area (Å²) < 4.78 is 11.4. The summed E-state index contributed by atoms with van der Waals surface area (Å²) in [5, 5.41) is 14.3. The van der Waals surface area contributed by atoms with Gasteiger partial charge < -0.3 is 19.8 Å². The second-order valence-electron chi connectivity index (χ2n) is 6.55. The Bertz CT molecular complexity index is 757. The third-order valence-electron chi connectivity index (χ3n) is 4.23. The van der Waals surface area contributed by atoms with Crippen molar-refractivity contribution in [3.05, 3.63) is 35.5 Å². The van der Waals surface area contributed by atoms with Crippen LogP contribution in [-0.2, 0) is 11.3 Å². The van der Waals surface area contributed by atoms with Crippen molar-refractivity contribution in [1.29, 1.82) is 0 Å². The molecule has 0 bridgehead atoms. The minimum atomic E-state index is -0.432. The zero-order valence-corrected chi connectivity index (χ0v) is 15.0. The molecule has 0 aliphatic carbocycles. The van der Waals surface area contributed by atoms with Gasteiger partial charge in [0.15, 0.2) is 6.10 Å². The van der Waals surface area contributed by atoms with E-state index in [1.807, 2.05) is 39.0 Å². The van der Waals surface area contributed by atoms with Crippen molar-refractivity contribution in [1.82, 2.24) is 15.5 Å². The predicted octanol–water partition coefficient (Wildman–Crippen LogP) is 3.15. The van der Waals surface area contributed by atoms with Crippen LogP contribution >= 0.6 is 0 Å². The fourth-order valence-corrected chi connectivity index (χ4v) is 2.63. The average molecular weight is 344 g/mol. The van der Waals surface area contributed by atoms with Crippen molar-refractivity contribution in [2.45, 2.75) is 58.7 Å². The lowest BCUT2D eigenvalue weighted by atomic mass is 10.1. The van der Waals surface area contributed by atoms with E-state index in [9.17, 15) is 4.79 Å². The number of anilines is 1. The van der Waals surface area contributed by atoms with Crippen molar-refractivity contribution in [3.63, 3.8) is 0 Å². The first-order valence-corrected chi connectivity index (χ1v) is 8.65. The van der Waals surface area contributed by atoms with E-state index in [0.717, 1.165) is 5.56 Å². The highest BCUT2D eigenvalue weighted by molar-refractivity contribution is 5.97. The predicted molar refractivity (Wildman–Crippen MR) is 93.4 cm³/mol. The van der Waals surface area contributed by atoms with Crippen molar-refractivity contribution >= 4 is 11.6 Å². The van der Waals surface area contributed by atoms with Crippen molar-refractivity contribution in [3.8, 4) is 5.75 Å². The molecule has 1 aromatic heterocycles. The number of nitrogens with zero attached hydrogens (tertiary/aromatic N) is 2. The molecule has 0 fully saturated rings. The van der Waals surface area contributed by atoms with E-state index in [1.165, 1.54) is 0 Å². The molecule has 0 radical (unpaired) electrons. The van der Waals surface area contributed by atoms with Crippen LogP contribution in [0.3, 0.4) is 0 Å². The Morgan fingerprint density at radius 2 is 2.08 bits per heavy atom. The van der Waals surface area contributed by atoms with Gasteiger partial charge in [-0.05, 0) is 31.0 Å². The number of ether oxygens (including phenoxy) is 1. The van der Waals surface area contributed by atoms with Crippen LogP contribution in [0.1, 0.15) is 63.4 Å². The second-order valence-corrected chi connectivity index (χ2v) is 6.55. The van der Waals surface area contributed by atoms with Crippen LogP contribution in [0.2, 0.25) is 0 Å². The monoisotopic (exact) mass is 344 g/mol. The maximum Gasteiger partial charge on any atom is 0.265 e. The molecule has 134 valence electrons. The topological polar surface area (TPSA) is 89.3 Å². The maximum absolute atomic E-state index is 11.8. The molecule has 0 unspecified atom stereocenters. The summed E-state index contributed by atoms with van der Waals surface area (Å²) in [5.74, 6) is 2.05. The lowest BCUT2D eigenvalue weighted by Crippen LogP contribution is -2.36. The van der Waals surface area contributed by atoms with Gasteiger partial charge in [-0.1, -0.05) is 26.8 Å². The highest BCUT2D eigenvalue weighted by Gasteiger charge is 2.26. The van der Waals surface area contributed by atoms with Crippen LogP contribution in [0.25, 0.3) is 0 Å². The zero-order chi connectivity index (χ0) is 18.0. The number of rotatable bonds is 6. The van der Waals surface area contributed by atoms with E-state index in [4.69, 9.17) is 9.15 Å². The number of amides is 1. The lowest BCUT2D eigenvalue weighted by molar-refractivity contribution is -0.123. The van der Waals surface area contributed by atoms with Gasteiger partial charge in [0.1, 0.15) is 5.75 Å². The molecule has 7 nitrogen and oxygen atoms in total. The van der Waals surface area contributed by atoms with E-state index in [0.29, 0.717) is 36.2 Å². The van der Waals surface area contributed by atoms with Gasteiger partial charge in [0.05, 0.1) is 12.2 Å². The van der Waals surface area contributed by atoms with Crippen LogP contribution in [0.5, 0.6) is 5.75 Å². The molecule has 2 atom stereocenters. The molecule has 3 rings (SSSR count). The fraction of sp³-hybridized carbons (Fsp3) is 0.500. The van der Waals surface area contributed by atoms with E-state index < -0.39 is 6.10 Å². The summed E-state index contributed by atoms with van der Waals surface area (Å²) in [6, 6.07) is 5.87. The molecule has 7 heteroatoms. The summed E-state index contributed by atoms with van der Waals surface area (Å²) in [5.41, 5.74) is 1.78. The summed E-state index contributed by atoms with van der Waals surface area (Å²) in [6.07, 6.45) is 0.206. The van der Waals surface area contributed by atoms with Gasteiger partial charge in [-0.3, -0.25) is 4.79 Å². The van der Waals surface area contributed by atoms with Gasteiger partial charge in [-0.15, -0.1) is 10.2 Å². The minimum Gasteiger partial charge on any atom is -0.478 e. The normalized spacial score (nSPS) is 17.8. The van der Waals surface area contributed by atoms with Crippen molar-refractivity contribution < 1.29 is 13.9 Å². The molecule has 0 spiro atoms. The standard InChI is InChI=1S/C18H24N4O3/c1-5-14-17(23)20-13-7-6-12(8-15(13)24-14)11(4)19-9-16-21-22-18(25-16)10(2)3/h6-8,10-11,14,19H,5,9H2,1-4H3,(H,20,23)/t11-,14-/m0/s1. The molecule has 1 aliphatic heterocycles. The lowest BCUT2D eigenvalue weighted by Gasteiger charge is -2.26. The Hall–Kier alpha value is -2.41. The van der Waals surface area contributed by atoms with Crippen molar-refractivity contribution in [2.24, 2.45) is 0 Å². The number of nitrogens with one attached hydrogen (secondary N) is 2. The van der Waals surface area contributed by atoms with Gasteiger partial charge in [0.2, 0.25) is 11.8 Å². The molecule has 1 aliphatic rings. The smallest absolute Gasteiger partial charge is 0.265 e. The second kappa shape index (κ2) is 7.23. The third-order valence-corrected chi connectivity index (χ3v) is 4.23. The molecule has 1 amide bonds. The SMILES string of the molecule is CC[C@@H]1Oc2cc([C@H](C)NCc3nnc(C(C)C)o3)ccc2NC1=O. The molecule has 2 aromatic rings. The molecule has 0 saturated carbocycles. The van der Waals surface area contributed by atoms with E-state index in [1.54, 1.807) is 0 Å². The molecule has 2 heterocycles. The van der Waals surface area contributed by atoms with Gasteiger partial charge >= 0.3 is 0 Å². The average Bonchev–Trinajstić information content (AvgIpc) is 3.08. The number of aromatic nitrogens is 2. The Kier molecular flexibility index (Phi) is 5.03. The third kappa shape index (κ3) is 3.82. The van der Waals surface area contributed by atoms with Crippen LogP contribution in [0, 0.1) is 0 Å². The summed E-state index contributed by atoms with van der Waals surface area (Å²) in [6.45, 7) is 8.51. The van der Waals surface area contributed by atoms with Gasteiger partial charge in [0, 0.05) is 12.0 Å². The zero-order valence-electron chi connectivity index (χ0n) is 15.0. The molecule has 2 N–H and O–H groups in total. The highest BCUT2D eigenvalue weighted by Crippen LogP contribution is 2.33. The Morgan fingerprint density at radius 3 is 2.76 bits per heavy atom. The first-order valence-electron chi connectivity index (χ1n) is 8.65. The number of fused-ring (bicyclic) bond motifs is 1. The Morgan fingerprint density at radius 1 is 1.28 bits per heavy atom. The van der Waals surface area contributed by atoms with Crippen LogP contribution in [0.15, 0.2) is 22.6 Å². The van der Waals surface area contributed by atoms with E-state index in [-0.39, 0.29) is 17.9 Å². The van der Waals surface area contributed by atoms with Crippen LogP contribution < -0.4 is 15.4 Å². The molecule has 0 saturated heterocycles. The van der Waals surface area contributed by atoms with Crippen molar-refractivity contribution in [2.75, 3.05) is 5.32 Å². The summed E-state index contributed by atoms with van der Waals surface area (Å²) in [7, 11) is 0. The quantitative estimate of drug-likeness (QED) is 0.837. The van der Waals surface area contributed by atoms with E-state index in [2.05, 4.69) is 27.8 Å². The molecular formula is C18H24N4O3. The maximum atomic E-state index is 11.8. The summed E-state index contributed by atoms with van der Waals surface area (Å²) in [4.78, 5) is 11.8. The number of hydrogen-bond donors (Lipinski definition) is 2. The minimum absolute atomic E-state index is 0.0704. The number of carbonyl (C=O) groups excluding carboxylic acids is 1. The Balaban J connectivity index is 1.66. The fourth-order valence-electron chi connectivity index (χ4n) is 2.63.